The number of carbonyl (C=O) groups excluding carboxylic acids is 1. The van der Waals surface area contributed by atoms with Crippen molar-refractivity contribution in [3.63, 3.8) is 0 Å². The number of morpholine rings is 1. The predicted octanol–water partition coefficient (Wildman–Crippen LogP) is 0.562. The number of hydrogen-bond donors (Lipinski definition) is 2. The summed E-state index contributed by atoms with van der Waals surface area (Å²) in [5, 5.41) is 8.09. The molecule has 29 heavy (non-hydrogen) atoms. The minimum Gasteiger partial charge on any atom is -0.378 e. The Hall–Kier alpha value is -2.69. The number of hydrogen-bond acceptors (Lipinski definition) is 7. The molecule has 0 atom stereocenters. The van der Waals surface area contributed by atoms with Crippen molar-refractivity contribution in [3.05, 3.63) is 47.7 Å². The predicted molar refractivity (Wildman–Crippen MR) is 111 cm³/mol. The summed E-state index contributed by atoms with van der Waals surface area (Å²) < 4.78 is 28.9. The second-order valence-electron chi connectivity index (χ2n) is 6.93. The molecule has 2 heterocycles. The molecule has 0 spiro atoms. The highest BCUT2D eigenvalue weighted by Crippen LogP contribution is 2.25. The number of aromatic nitrogens is 1. The van der Waals surface area contributed by atoms with Gasteiger partial charge < -0.3 is 19.9 Å². The largest absolute Gasteiger partial charge is 0.378 e. The first kappa shape index (κ1) is 21.0. The topological polar surface area (TPSA) is 118 Å². The van der Waals surface area contributed by atoms with Gasteiger partial charge in [-0.25, -0.2) is 18.5 Å². The number of benzene rings is 1. The van der Waals surface area contributed by atoms with E-state index >= 15 is 0 Å². The average molecular weight is 420 g/mol. The molecule has 1 aromatic heterocycles. The molecule has 2 aromatic rings. The molecule has 3 rings (SSSR count). The van der Waals surface area contributed by atoms with E-state index in [-0.39, 0.29) is 22.9 Å². The second-order valence-corrected chi connectivity index (χ2v) is 8.49. The summed E-state index contributed by atoms with van der Waals surface area (Å²) in [6.07, 6.45) is 1.69. The van der Waals surface area contributed by atoms with Crippen LogP contribution in [0.4, 0.5) is 11.5 Å². The van der Waals surface area contributed by atoms with Crippen molar-refractivity contribution in [1.29, 1.82) is 0 Å². The molecule has 1 fully saturated rings. The van der Waals surface area contributed by atoms with Crippen molar-refractivity contribution in [3.8, 4) is 0 Å². The van der Waals surface area contributed by atoms with E-state index in [0.717, 1.165) is 11.4 Å². The van der Waals surface area contributed by atoms with Crippen LogP contribution >= 0.6 is 0 Å². The summed E-state index contributed by atoms with van der Waals surface area (Å²) >= 11 is 0. The maximum atomic E-state index is 12.9. The lowest BCUT2D eigenvalue weighted by molar-refractivity contribution is 0.0949. The van der Waals surface area contributed by atoms with E-state index < -0.39 is 10.0 Å². The van der Waals surface area contributed by atoms with Crippen molar-refractivity contribution in [1.82, 2.24) is 10.3 Å². The zero-order valence-electron chi connectivity index (χ0n) is 16.5. The highest BCUT2D eigenvalue weighted by atomic mass is 32.2. The molecule has 1 aliphatic rings. The van der Waals surface area contributed by atoms with E-state index in [0.29, 0.717) is 32.0 Å². The number of primary sulfonamides is 1. The SMILES string of the molecule is CN(C)c1ccc(CNC(=O)c2cc(S(N)(=O)=O)ccc2N2CCOCC2)cn1. The molecule has 10 heteroatoms. The third-order valence-electron chi connectivity index (χ3n) is 4.61. The fourth-order valence-corrected chi connectivity index (χ4v) is 3.56. The first-order valence-electron chi connectivity index (χ1n) is 9.16. The molecular weight excluding hydrogens is 394 g/mol. The monoisotopic (exact) mass is 419 g/mol. The summed E-state index contributed by atoms with van der Waals surface area (Å²) in [5.41, 5.74) is 1.75. The number of sulfonamides is 1. The third-order valence-corrected chi connectivity index (χ3v) is 5.52. The van der Waals surface area contributed by atoms with Crippen molar-refractivity contribution in [2.24, 2.45) is 5.14 Å². The smallest absolute Gasteiger partial charge is 0.253 e. The highest BCUT2D eigenvalue weighted by molar-refractivity contribution is 7.89. The van der Waals surface area contributed by atoms with Gasteiger partial charge in [-0.1, -0.05) is 6.07 Å². The second kappa shape index (κ2) is 8.76. The zero-order chi connectivity index (χ0) is 21.0. The van der Waals surface area contributed by atoms with Crippen LogP contribution in [0.5, 0.6) is 0 Å². The summed E-state index contributed by atoms with van der Waals surface area (Å²) in [4.78, 5) is 21.0. The summed E-state index contributed by atoms with van der Waals surface area (Å²) in [7, 11) is -0.128. The van der Waals surface area contributed by atoms with E-state index in [1.807, 2.05) is 36.0 Å². The summed E-state index contributed by atoms with van der Waals surface area (Å²) in [6, 6.07) is 8.10. The number of amides is 1. The van der Waals surface area contributed by atoms with Crippen molar-refractivity contribution < 1.29 is 17.9 Å². The van der Waals surface area contributed by atoms with Gasteiger partial charge in [0.1, 0.15) is 5.82 Å². The molecule has 9 nitrogen and oxygen atoms in total. The molecular formula is C19H25N5O4S. The standard InChI is InChI=1S/C19H25N5O4S/c1-23(2)18-6-3-14(12-21-18)13-22-19(25)16-11-15(29(20,26)27)4-5-17(16)24-7-9-28-10-8-24/h3-6,11-12H,7-10,13H2,1-2H3,(H,22,25)(H2,20,26,27). The van der Waals surface area contributed by atoms with E-state index in [9.17, 15) is 13.2 Å². The van der Waals surface area contributed by atoms with Gasteiger partial charge in [-0.15, -0.1) is 0 Å². The van der Waals surface area contributed by atoms with Crippen LogP contribution in [-0.2, 0) is 21.3 Å². The van der Waals surface area contributed by atoms with Crippen LogP contribution in [0.25, 0.3) is 0 Å². The van der Waals surface area contributed by atoms with Gasteiger partial charge in [0.25, 0.3) is 5.91 Å². The number of nitrogens with zero attached hydrogens (tertiary/aromatic N) is 3. The molecule has 3 N–H and O–H groups in total. The van der Waals surface area contributed by atoms with Gasteiger partial charge in [-0.05, 0) is 29.8 Å². The van der Waals surface area contributed by atoms with Crippen molar-refractivity contribution in [2.45, 2.75) is 11.4 Å². The van der Waals surface area contributed by atoms with Gasteiger partial charge in [-0.3, -0.25) is 4.79 Å². The van der Waals surface area contributed by atoms with Crippen LogP contribution < -0.4 is 20.3 Å². The molecule has 0 bridgehead atoms. The first-order chi connectivity index (χ1) is 13.8. The normalized spacial score (nSPS) is 14.5. The number of anilines is 2. The van der Waals surface area contributed by atoms with Crippen LogP contribution in [0.3, 0.4) is 0 Å². The van der Waals surface area contributed by atoms with Gasteiger partial charge in [0.2, 0.25) is 10.0 Å². The molecule has 156 valence electrons. The van der Waals surface area contributed by atoms with E-state index in [4.69, 9.17) is 9.88 Å². The Balaban J connectivity index is 1.83. The van der Waals surface area contributed by atoms with Crippen LogP contribution in [-0.4, -0.2) is 59.7 Å². The van der Waals surface area contributed by atoms with E-state index in [2.05, 4.69) is 10.3 Å². The number of ether oxygens (including phenoxy) is 1. The molecule has 0 aliphatic carbocycles. The lowest BCUT2D eigenvalue weighted by Crippen LogP contribution is -2.38. The Bertz CT molecular complexity index is 971. The summed E-state index contributed by atoms with van der Waals surface area (Å²) in [6.45, 7) is 2.58. The third kappa shape index (κ3) is 5.22. The maximum Gasteiger partial charge on any atom is 0.253 e. The van der Waals surface area contributed by atoms with Gasteiger partial charge in [0, 0.05) is 45.6 Å². The molecule has 1 saturated heterocycles. The Morgan fingerprint density at radius 2 is 1.97 bits per heavy atom. The maximum absolute atomic E-state index is 12.9. The lowest BCUT2D eigenvalue weighted by atomic mass is 10.1. The van der Waals surface area contributed by atoms with E-state index in [1.54, 1.807) is 12.3 Å². The molecule has 0 unspecified atom stereocenters. The van der Waals surface area contributed by atoms with Crippen LogP contribution in [0.2, 0.25) is 0 Å². The van der Waals surface area contributed by atoms with Crippen LogP contribution in [0.1, 0.15) is 15.9 Å². The first-order valence-corrected chi connectivity index (χ1v) is 10.7. The minimum atomic E-state index is -3.92. The minimum absolute atomic E-state index is 0.100. The van der Waals surface area contributed by atoms with Crippen LogP contribution in [0.15, 0.2) is 41.4 Å². The Labute approximate surface area is 170 Å². The fourth-order valence-electron chi connectivity index (χ4n) is 3.02. The van der Waals surface area contributed by atoms with Gasteiger partial charge >= 0.3 is 0 Å². The molecule has 0 saturated carbocycles. The summed E-state index contributed by atoms with van der Waals surface area (Å²) in [5.74, 6) is 0.434. The fraction of sp³-hybridized carbons (Fsp3) is 0.368. The molecule has 1 aliphatic heterocycles. The van der Waals surface area contributed by atoms with Gasteiger partial charge in [0.15, 0.2) is 0 Å². The Kier molecular flexibility index (Phi) is 6.36. The highest BCUT2D eigenvalue weighted by Gasteiger charge is 2.21. The van der Waals surface area contributed by atoms with Gasteiger partial charge in [0.05, 0.1) is 23.7 Å². The number of pyridine rings is 1. The zero-order valence-corrected chi connectivity index (χ0v) is 17.3. The number of nitrogens with two attached hydrogens (primary N) is 1. The lowest BCUT2D eigenvalue weighted by Gasteiger charge is -2.30. The number of nitrogens with one attached hydrogen (secondary N) is 1. The number of carbonyl (C=O) groups is 1. The molecule has 1 aromatic carbocycles. The van der Waals surface area contributed by atoms with Crippen LogP contribution in [0, 0.1) is 0 Å². The Morgan fingerprint density at radius 3 is 2.55 bits per heavy atom. The van der Waals surface area contributed by atoms with Gasteiger partial charge in [-0.2, -0.15) is 0 Å². The number of rotatable bonds is 6. The van der Waals surface area contributed by atoms with Crippen molar-refractivity contribution in [2.75, 3.05) is 50.2 Å². The quantitative estimate of drug-likeness (QED) is 0.702. The Morgan fingerprint density at radius 1 is 1.24 bits per heavy atom. The average Bonchev–Trinajstić information content (AvgIpc) is 2.72. The molecule has 0 radical (unpaired) electrons. The molecule has 1 amide bonds. The van der Waals surface area contributed by atoms with Crippen molar-refractivity contribution >= 4 is 27.4 Å². The van der Waals surface area contributed by atoms with E-state index in [1.165, 1.54) is 12.1 Å².